The minimum absolute atomic E-state index is 0.673. The van der Waals surface area contributed by atoms with Gasteiger partial charge in [-0.3, -0.25) is 0 Å². The van der Waals surface area contributed by atoms with Crippen LogP contribution >= 0.6 is 23.2 Å². The van der Waals surface area contributed by atoms with Crippen LogP contribution in [0.15, 0.2) is 21.2 Å². The van der Waals surface area contributed by atoms with Crippen LogP contribution in [0.25, 0.3) is 0 Å². The first-order valence-corrected chi connectivity index (χ1v) is 6.31. The molecule has 0 bridgehead atoms. The maximum Gasteiger partial charge on any atom is 0.0251 e. The number of hydrogen-bond acceptors (Lipinski definition) is 0. The Morgan fingerprint density at radius 3 is 1.64 bits per heavy atom. The molecule has 1 saturated carbocycles. The lowest BCUT2D eigenvalue weighted by Crippen LogP contribution is -1.91. The average molecular weight is 229 g/mol. The number of rotatable bonds is 0. The van der Waals surface area contributed by atoms with Crippen LogP contribution in [0, 0.1) is 11.8 Å². The molecule has 0 aromatic carbocycles. The van der Waals surface area contributed by atoms with Gasteiger partial charge in [0.1, 0.15) is 0 Å². The summed E-state index contributed by atoms with van der Waals surface area (Å²) in [4.78, 5) is 0. The SMILES string of the molecule is ClC1=C2CCC[C@H]3C(Cl)=C3CCC[C@@H]12. The third-order valence-corrected chi connectivity index (χ3v) is 4.79. The molecule has 3 aliphatic carbocycles. The van der Waals surface area contributed by atoms with Crippen molar-refractivity contribution in [3.8, 4) is 0 Å². The zero-order valence-corrected chi connectivity index (χ0v) is 9.67. The third-order valence-electron chi connectivity index (χ3n) is 3.78. The summed E-state index contributed by atoms with van der Waals surface area (Å²) in [7, 11) is 0. The Kier molecular flexibility index (Phi) is 2.18. The van der Waals surface area contributed by atoms with Crippen LogP contribution in [-0.2, 0) is 0 Å². The van der Waals surface area contributed by atoms with Gasteiger partial charge in [0, 0.05) is 21.9 Å². The van der Waals surface area contributed by atoms with E-state index >= 15 is 0 Å². The largest absolute Gasteiger partial charge is 0.0885 e. The summed E-state index contributed by atoms with van der Waals surface area (Å²) in [6.07, 6.45) is 7.50. The molecule has 2 heteroatoms. The maximum absolute atomic E-state index is 6.13. The first kappa shape index (κ1) is 9.30. The second-order valence-electron chi connectivity index (χ2n) is 4.64. The molecule has 1 fully saturated rings. The van der Waals surface area contributed by atoms with Crippen molar-refractivity contribution in [2.75, 3.05) is 0 Å². The quantitative estimate of drug-likeness (QED) is 0.570. The van der Waals surface area contributed by atoms with Crippen LogP contribution in [-0.4, -0.2) is 0 Å². The smallest absolute Gasteiger partial charge is 0.0251 e. The van der Waals surface area contributed by atoms with Crippen LogP contribution in [0.4, 0.5) is 0 Å². The lowest BCUT2D eigenvalue weighted by Gasteiger charge is -2.04. The maximum atomic E-state index is 6.13. The van der Waals surface area contributed by atoms with Crippen molar-refractivity contribution in [3.63, 3.8) is 0 Å². The minimum Gasteiger partial charge on any atom is -0.0885 e. The second kappa shape index (κ2) is 3.28. The fraction of sp³-hybridized carbons (Fsp3) is 0.667. The van der Waals surface area contributed by atoms with Gasteiger partial charge in [-0.15, -0.1) is 0 Å². The predicted octanol–water partition coefficient (Wildman–Crippen LogP) is 4.59. The molecule has 0 aromatic heterocycles. The van der Waals surface area contributed by atoms with Gasteiger partial charge in [0.15, 0.2) is 0 Å². The number of fused-ring (bicyclic) bond motifs is 2. The molecule has 3 aliphatic rings. The van der Waals surface area contributed by atoms with Crippen molar-refractivity contribution in [1.29, 1.82) is 0 Å². The zero-order chi connectivity index (χ0) is 9.71. The molecule has 0 spiro atoms. The van der Waals surface area contributed by atoms with Gasteiger partial charge < -0.3 is 0 Å². The van der Waals surface area contributed by atoms with Gasteiger partial charge >= 0.3 is 0 Å². The average Bonchev–Trinajstić information content (AvgIpc) is 3.00. The molecule has 0 amide bonds. The summed E-state index contributed by atoms with van der Waals surface area (Å²) < 4.78 is 0. The monoisotopic (exact) mass is 228 g/mol. The fourth-order valence-electron chi connectivity index (χ4n) is 2.76. The van der Waals surface area contributed by atoms with Crippen molar-refractivity contribution in [1.82, 2.24) is 0 Å². The van der Waals surface area contributed by atoms with Crippen LogP contribution in [0.1, 0.15) is 38.5 Å². The van der Waals surface area contributed by atoms with E-state index in [2.05, 4.69) is 0 Å². The lowest BCUT2D eigenvalue weighted by molar-refractivity contribution is 0.604. The number of hydrogen-bond donors (Lipinski definition) is 0. The highest BCUT2D eigenvalue weighted by atomic mass is 35.5. The Morgan fingerprint density at radius 2 is 1.21 bits per heavy atom. The Balaban J connectivity index is 1.63. The normalized spacial score (nSPS) is 36.4. The van der Waals surface area contributed by atoms with E-state index in [1.165, 1.54) is 48.6 Å². The van der Waals surface area contributed by atoms with E-state index in [1.54, 1.807) is 11.1 Å². The van der Waals surface area contributed by atoms with E-state index in [4.69, 9.17) is 23.2 Å². The summed E-state index contributed by atoms with van der Waals surface area (Å²) in [6, 6.07) is 0. The molecule has 0 nitrogen and oxygen atoms in total. The highest BCUT2D eigenvalue weighted by Gasteiger charge is 2.38. The molecule has 0 unspecified atom stereocenters. The van der Waals surface area contributed by atoms with Gasteiger partial charge in [0.2, 0.25) is 0 Å². The van der Waals surface area contributed by atoms with E-state index in [9.17, 15) is 0 Å². The van der Waals surface area contributed by atoms with Gasteiger partial charge in [-0.2, -0.15) is 0 Å². The molecule has 2 atom stereocenters. The number of halogens is 2. The fourth-order valence-corrected chi connectivity index (χ4v) is 3.58. The zero-order valence-electron chi connectivity index (χ0n) is 8.15. The molecular weight excluding hydrogens is 215 g/mol. The summed E-state index contributed by atoms with van der Waals surface area (Å²) >= 11 is 12.3. The number of allylic oxidation sites excluding steroid dienone is 4. The first-order valence-electron chi connectivity index (χ1n) is 5.56. The van der Waals surface area contributed by atoms with Crippen molar-refractivity contribution in [3.05, 3.63) is 21.2 Å². The summed E-state index contributed by atoms with van der Waals surface area (Å²) in [6.45, 7) is 0. The van der Waals surface area contributed by atoms with Crippen LogP contribution < -0.4 is 0 Å². The van der Waals surface area contributed by atoms with Crippen LogP contribution in [0.2, 0.25) is 0 Å². The Morgan fingerprint density at radius 1 is 0.786 bits per heavy atom. The van der Waals surface area contributed by atoms with Crippen LogP contribution in [0.5, 0.6) is 0 Å². The predicted molar refractivity (Wildman–Crippen MR) is 60.4 cm³/mol. The van der Waals surface area contributed by atoms with E-state index in [0.717, 1.165) is 0 Å². The molecule has 0 saturated heterocycles. The Hall–Kier alpha value is 0.0600. The molecule has 76 valence electrons. The van der Waals surface area contributed by atoms with E-state index in [-0.39, 0.29) is 0 Å². The topological polar surface area (TPSA) is 0 Å². The Bertz CT molecular complexity index is 304. The van der Waals surface area contributed by atoms with E-state index in [0.29, 0.717) is 11.8 Å². The third kappa shape index (κ3) is 1.44. The first-order chi connectivity index (χ1) is 6.79. The molecule has 0 aliphatic heterocycles. The summed E-state index contributed by atoms with van der Waals surface area (Å²) in [5, 5.41) is 2.36. The molecule has 0 heterocycles. The summed E-state index contributed by atoms with van der Waals surface area (Å²) in [5.41, 5.74) is 3.10. The summed E-state index contributed by atoms with van der Waals surface area (Å²) in [5.74, 6) is 1.35. The van der Waals surface area contributed by atoms with Gasteiger partial charge in [-0.1, -0.05) is 23.2 Å². The highest BCUT2D eigenvalue weighted by Crippen LogP contribution is 2.54. The highest BCUT2D eigenvalue weighted by molar-refractivity contribution is 6.33. The van der Waals surface area contributed by atoms with Gasteiger partial charge in [-0.25, -0.2) is 0 Å². The van der Waals surface area contributed by atoms with Gasteiger partial charge in [0.25, 0.3) is 0 Å². The molecule has 14 heavy (non-hydrogen) atoms. The van der Waals surface area contributed by atoms with E-state index in [1.807, 2.05) is 0 Å². The molecule has 3 rings (SSSR count). The molecule has 0 aromatic rings. The van der Waals surface area contributed by atoms with Crippen LogP contribution in [0.3, 0.4) is 0 Å². The Labute approximate surface area is 95.0 Å². The van der Waals surface area contributed by atoms with Crippen molar-refractivity contribution in [2.24, 2.45) is 11.8 Å². The molecule has 0 N–H and O–H groups in total. The minimum atomic E-state index is 0.673. The van der Waals surface area contributed by atoms with Crippen molar-refractivity contribution < 1.29 is 0 Å². The standard InChI is InChI=1S/C12H14Cl2/c13-11-7-3-1-4-8-10(12(8)14)6-2-5-9(7)11/h7,10H,1-6H2/t7-,10-/m1/s1. The second-order valence-corrected chi connectivity index (χ2v) is 5.45. The van der Waals surface area contributed by atoms with E-state index < -0.39 is 0 Å². The van der Waals surface area contributed by atoms with Crippen molar-refractivity contribution >= 4 is 23.2 Å². The lowest BCUT2D eigenvalue weighted by atomic mass is 10.00. The van der Waals surface area contributed by atoms with Gasteiger partial charge in [-0.05, 0) is 49.7 Å². The van der Waals surface area contributed by atoms with Gasteiger partial charge in [0.05, 0.1) is 0 Å². The molecular formula is C12H14Cl2. The van der Waals surface area contributed by atoms with Crippen molar-refractivity contribution in [2.45, 2.75) is 38.5 Å². The molecule has 0 radical (unpaired) electrons.